The van der Waals surface area contributed by atoms with Crippen LogP contribution in [0.3, 0.4) is 0 Å². The number of nitrogens with one attached hydrogen (secondary N) is 1. The topological polar surface area (TPSA) is 72.2 Å². The Balaban J connectivity index is 1.66. The summed E-state index contributed by atoms with van der Waals surface area (Å²) in [5.41, 5.74) is 1.64. The Kier molecular flexibility index (Phi) is 6.31. The van der Waals surface area contributed by atoms with Gasteiger partial charge in [0.1, 0.15) is 5.82 Å². The van der Waals surface area contributed by atoms with Crippen molar-refractivity contribution in [2.45, 2.75) is 58.2 Å². The second-order valence-corrected chi connectivity index (χ2v) is 8.33. The summed E-state index contributed by atoms with van der Waals surface area (Å²) in [6.07, 6.45) is 3.34. The van der Waals surface area contributed by atoms with E-state index in [2.05, 4.69) is 41.2 Å². The van der Waals surface area contributed by atoms with Crippen molar-refractivity contribution >= 4 is 34.2 Å². The Hall–Kier alpha value is -2.15. The summed E-state index contributed by atoms with van der Waals surface area (Å²) in [5.74, 6) is 1.74. The fraction of sp³-hybridized carbons (Fsp3) is 0.500. The van der Waals surface area contributed by atoms with Crippen LogP contribution >= 0.6 is 11.8 Å². The van der Waals surface area contributed by atoms with Gasteiger partial charge in [-0.05, 0) is 38.3 Å². The Labute approximate surface area is 164 Å². The van der Waals surface area contributed by atoms with E-state index in [1.165, 1.54) is 18.2 Å². The van der Waals surface area contributed by atoms with Crippen molar-refractivity contribution in [2.75, 3.05) is 5.75 Å². The lowest BCUT2D eigenvalue weighted by Crippen LogP contribution is -2.33. The van der Waals surface area contributed by atoms with Crippen LogP contribution in [-0.2, 0) is 4.79 Å². The maximum absolute atomic E-state index is 12.3. The van der Waals surface area contributed by atoms with Crippen molar-refractivity contribution in [3.63, 3.8) is 0 Å². The van der Waals surface area contributed by atoms with Gasteiger partial charge in [-0.2, -0.15) is 4.52 Å². The van der Waals surface area contributed by atoms with Crippen LogP contribution in [0.15, 0.2) is 29.4 Å². The maximum atomic E-state index is 12.3. The van der Waals surface area contributed by atoms with E-state index < -0.39 is 0 Å². The summed E-state index contributed by atoms with van der Waals surface area (Å²) in [5, 5.41) is 9.18. The van der Waals surface area contributed by atoms with Gasteiger partial charge >= 0.3 is 0 Å². The normalized spacial score (nSPS) is 12.8. The van der Waals surface area contributed by atoms with Gasteiger partial charge in [-0.25, -0.2) is 9.97 Å². The van der Waals surface area contributed by atoms with E-state index in [1.807, 2.05) is 31.2 Å². The molecule has 3 aromatic rings. The Morgan fingerprint density at radius 1 is 1.19 bits per heavy atom. The molecule has 7 heteroatoms. The lowest BCUT2D eigenvalue weighted by Gasteiger charge is -2.14. The van der Waals surface area contributed by atoms with E-state index in [9.17, 15) is 4.79 Å². The first-order valence-corrected chi connectivity index (χ1v) is 10.5. The summed E-state index contributed by atoms with van der Waals surface area (Å²) in [6.45, 7) is 8.38. The molecule has 0 radical (unpaired) electrons. The van der Waals surface area contributed by atoms with Crippen LogP contribution in [0.1, 0.15) is 45.9 Å². The number of rotatable bonds is 8. The molecule has 0 aliphatic heterocycles. The number of aromatic nitrogens is 4. The third-order valence-corrected chi connectivity index (χ3v) is 5.34. The summed E-state index contributed by atoms with van der Waals surface area (Å²) in [7, 11) is 0. The molecular formula is C20H27N5OS. The Morgan fingerprint density at radius 2 is 1.96 bits per heavy atom. The molecule has 1 unspecified atom stereocenters. The SMILES string of the molecule is Cc1nc2c3ccccc3nc(SCC(=O)NC(C)CCCC(C)C)n2n1. The molecule has 0 saturated carbocycles. The van der Waals surface area contributed by atoms with E-state index >= 15 is 0 Å². The maximum Gasteiger partial charge on any atom is 0.230 e. The molecule has 1 atom stereocenters. The number of benzene rings is 1. The quantitative estimate of drug-likeness (QED) is 0.468. The zero-order valence-corrected chi connectivity index (χ0v) is 17.2. The molecular weight excluding hydrogens is 358 g/mol. The van der Waals surface area contributed by atoms with Crippen LogP contribution in [0, 0.1) is 12.8 Å². The van der Waals surface area contributed by atoms with E-state index in [4.69, 9.17) is 0 Å². The Bertz CT molecular complexity index is 937. The zero-order chi connectivity index (χ0) is 19.4. The van der Waals surface area contributed by atoms with Gasteiger partial charge in [0, 0.05) is 11.4 Å². The number of hydrogen-bond acceptors (Lipinski definition) is 5. The van der Waals surface area contributed by atoms with Crippen molar-refractivity contribution < 1.29 is 4.79 Å². The average Bonchev–Trinajstić information content (AvgIpc) is 3.01. The monoisotopic (exact) mass is 385 g/mol. The third-order valence-electron chi connectivity index (χ3n) is 4.41. The minimum atomic E-state index is 0.0250. The van der Waals surface area contributed by atoms with Crippen LogP contribution in [0.5, 0.6) is 0 Å². The van der Waals surface area contributed by atoms with Crippen LogP contribution in [0.2, 0.25) is 0 Å². The zero-order valence-electron chi connectivity index (χ0n) is 16.4. The second-order valence-electron chi connectivity index (χ2n) is 7.39. The van der Waals surface area contributed by atoms with Gasteiger partial charge < -0.3 is 5.32 Å². The number of hydrogen-bond donors (Lipinski definition) is 1. The molecule has 0 fully saturated rings. The highest BCUT2D eigenvalue weighted by atomic mass is 32.2. The van der Waals surface area contributed by atoms with Gasteiger partial charge in [0.15, 0.2) is 10.8 Å². The van der Waals surface area contributed by atoms with Crippen molar-refractivity contribution in [3.8, 4) is 0 Å². The highest BCUT2D eigenvalue weighted by molar-refractivity contribution is 7.99. The molecule has 0 aliphatic rings. The van der Waals surface area contributed by atoms with Gasteiger partial charge in [0.25, 0.3) is 0 Å². The summed E-state index contributed by atoms with van der Waals surface area (Å²) in [6, 6.07) is 8.06. The molecule has 1 N–H and O–H groups in total. The number of aryl methyl sites for hydroxylation is 1. The van der Waals surface area contributed by atoms with Crippen LogP contribution in [0.25, 0.3) is 16.6 Å². The molecule has 0 spiro atoms. The van der Waals surface area contributed by atoms with E-state index in [0.717, 1.165) is 29.4 Å². The first-order valence-electron chi connectivity index (χ1n) is 9.48. The number of para-hydroxylation sites is 1. The number of fused-ring (bicyclic) bond motifs is 3. The fourth-order valence-corrected chi connectivity index (χ4v) is 3.83. The standard InChI is InChI=1S/C20H27N5OS/c1-13(2)8-7-9-14(3)21-18(26)12-27-20-23-17-11-6-5-10-16(17)19-22-15(4)24-25(19)20/h5-6,10-11,13-14H,7-9,12H2,1-4H3,(H,21,26). The number of nitrogens with zero attached hydrogens (tertiary/aromatic N) is 4. The number of thioether (sulfide) groups is 1. The summed E-state index contributed by atoms with van der Waals surface area (Å²) < 4.78 is 1.74. The van der Waals surface area contributed by atoms with E-state index in [0.29, 0.717) is 22.7 Å². The lowest BCUT2D eigenvalue weighted by atomic mass is 10.0. The molecule has 144 valence electrons. The fourth-order valence-electron chi connectivity index (χ4n) is 3.08. The summed E-state index contributed by atoms with van der Waals surface area (Å²) >= 11 is 1.39. The van der Waals surface area contributed by atoms with Gasteiger partial charge in [0.05, 0.1) is 11.3 Å². The van der Waals surface area contributed by atoms with Crippen molar-refractivity contribution in [1.82, 2.24) is 24.9 Å². The first-order chi connectivity index (χ1) is 12.9. The van der Waals surface area contributed by atoms with Crippen LogP contribution in [0.4, 0.5) is 0 Å². The predicted molar refractivity (Wildman–Crippen MR) is 110 cm³/mol. The molecule has 0 saturated heterocycles. The number of carbonyl (C=O) groups is 1. The van der Waals surface area contributed by atoms with Gasteiger partial charge in [0.2, 0.25) is 5.91 Å². The lowest BCUT2D eigenvalue weighted by molar-refractivity contribution is -0.119. The third kappa shape index (κ3) is 4.97. The first kappa shape index (κ1) is 19.6. The molecule has 1 amide bonds. The van der Waals surface area contributed by atoms with Crippen LogP contribution in [-0.4, -0.2) is 37.3 Å². The van der Waals surface area contributed by atoms with E-state index in [-0.39, 0.29) is 11.9 Å². The molecule has 0 aliphatic carbocycles. The minimum Gasteiger partial charge on any atom is -0.353 e. The molecule has 2 aromatic heterocycles. The molecule has 2 heterocycles. The van der Waals surface area contributed by atoms with Crippen molar-refractivity contribution in [1.29, 1.82) is 0 Å². The largest absolute Gasteiger partial charge is 0.353 e. The van der Waals surface area contributed by atoms with Gasteiger partial charge in [-0.1, -0.05) is 50.6 Å². The molecule has 6 nitrogen and oxygen atoms in total. The van der Waals surface area contributed by atoms with Gasteiger partial charge in [-0.3, -0.25) is 4.79 Å². The smallest absolute Gasteiger partial charge is 0.230 e. The van der Waals surface area contributed by atoms with Crippen molar-refractivity contribution in [2.24, 2.45) is 5.92 Å². The molecule has 3 rings (SSSR count). The van der Waals surface area contributed by atoms with Crippen molar-refractivity contribution in [3.05, 3.63) is 30.1 Å². The highest BCUT2D eigenvalue weighted by Gasteiger charge is 2.14. The predicted octanol–water partition coefficient (Wildman–Crippen LogP) is 4.01. The van der Waals surface area contributed by atoms with E-state index in [1.54, 1.807) is 4.52 Å². The minimum absolute atomic E-state index is 0.0250. The summed E-state index contributed by atoms with van der Waals surface area (Å²) in [4.78, 5) is 21.5. The van der Waals surface area contributed by atoms with Gasteiger partial charge in [-0.15, -0.1) is 5.10 Å². The molecule has 27 heavy (non-hydrogen) atoms. The average molecular weight is 386 g/mol. The Morgan fingerprint density at radius 3 is 2.74 bits per heavy atom. The van der Waals surface area contributed by atoms with Crippen LogP contribution < -0.4 is 5.32 Å². The second kappa shape index (κ2) is 8.69. The number of amides is 1. The number of carbonyl (C=O) groups excluding carboxylic acids is 1. The molecule has 1 aromatic carbocycles. The molecule has 0 bridgehead atoms. The highest BCUT2D eigenvalue weighted by Crippen LogP contribution is 2.23.